The first-order chi connectivity index (χ1) is 11.7. The number of nitrogens with zero attached hydrogens (tertiary/aromatic N) is 3. The van der Waals surface area contributed by atoms with E-state index >= 15 is 0 Å². The van der Waals surface area contributed by atoms with Crippen LogP contribution in [0.3, 0.4) is 0 Å². The van der Waals surface area contributed by atoms with E-state index < -0.39 is 20.0 Å². The molecular formula is C18H32FN3O3Si. The molecule has 0 saturated heterocycles. The molecule has 0 aliphatic carbocycles. The lowest BCUT2D eigenvalue weighted by atomic mass is 10.2. The maximum Gasteiger partial charge on any atom is 0.410 e. The van der Waals surface area contributed by atoms with Crippen molar-refractivity contribution in [2.45, 2.75) is 85.0 Å². The third-order valence-corrected chi connectivity index (χ3v) is 9.48. The number of amides is 1. The Bertz CT molecular complexity index is 674. The maximum absolute atomic E-state index is 14.7. The highest BCUT2D eigenvalue weighted by Gasteiger charge is 2.38. The molecule has 0 unspecified atom stereocenters. The van der Waals surface area contributed by atoms with Gasteiger partial charge in [-0.2, -0.15) is 4.39 Å². The fourth-order valence-electron chi connectivity index (χ4n) is 2.39. The van der Waals surface area contributed by atoms with Crippen molar-refractivity contribution in [2.24, 2.45) is 0 Å². The largest absolute Gasteiger partial charge is 0.444 e. The number of halogens is 1. The molecule has 1 amide bonds. The van der Waals surface area contributed by atoms with Gasteiger partial charge in [-0.1, -0.05) is 20.8 Å². The molecule has 8 heteroatoms. The van der Waals surface area contributed by atoms with Crippen LogP contribution in [-0.4, -0.2) is 41.0 Å². The zero-order valence-corrected chi connectivity index (χ0v) is 18.3. The molecule has 0 fully saturated rings. The van der Waals surface area contributed by atoms with Crippen LogP contribution in [0.4, 0.5) is 9.18 Å². The SMILES string of the molecule is CC(C)(C)OC(=O)N1CCn2c(nc(CO[Si](C)(C)C(C)(C)C)c2F)C1. The highest BCUT2D eigenvalue weighted by atomic mass is 28.4. The quantitative estimate of drug-likeness (QED) is 0.728. The molecule has 2 heterocycles. The second kappa shape index (κ2) is 6.96. The van der Waals surface area contributed by atoms with Gasteiger partial charge >= 0.3 is 6.09 Å². The summed E-state index contributed by atoms with van der Waals surface area (Å²) in [6.07, 6.45) is -0.397. The lowest BCUT2D eigenvalue weighted by Gasteiger charge is -2.35. The Morgan fingerprint density at radius 1 is 1.19 bits per heavy atom. The standard InChI is InChI=1S/C18H32FN3O3Si/c1-17(2,3)25-16(23)21-9-10-22-14(11-21)20-13(15(22)19)12-24-26(7,8)18(4,5)6/h9-12H2,1-8H3. The molecular weight excluding hydrogens is 353 g/mol. The van der Waals surface area contributed by atoms with E-state index in [4.69, 9.17) is 9.16 Å². The van der Waals surface area contributed by atoms with Gasteiger partial charge in [0, 0.05) is 13.1 Å². The maximum atomic E-state index is 14.7. The van der Waals surface area contributed by atoms with Crippen molar-refractivity contribution < 1.29 is 18.3 Å². The molecule has 6 nitrogen and oxygen atoms in total. The molecule has 1 aromatic rings. The van der Waals surface area contributed by atoms with E-state index in [-0.39, 0.29) is 24.1 Å². The number of carbonyl (C=O) groups is 1. The molecule has 2 rings (SSSR count). The molecule has 1 aliphatic heterocycles. The first kappa shape index (κ1) is 20.9. The van der Waals surface area contributed by atoms with Gasteiger partial charge in [0.15, 0.2) is 8.32 Å². The van der Waals surface area contributed by atoms with Crippen molar-refractivity contribution >= 4 is 14.4 Å². The first-order valence-corrected chi connectivity index (χ1v) is 12.0. The highest BCUT2D eigenvalue weighted by Crippen LogP contribution is 2.37. The topological polar surface area (TPSA) is 56.6 Å². The van der Waals surface area contributed by atoms with Crippen LogP contribution in [0.15, 0.2) is 0 Å². The Balaban J connectivity index is 2.09. The van der Waals surface area contributed by atoms with E-state index in [1.165, 1.54) is 4.57 Å². The van der Waals surface area contributed by atoms with E-state index in [1.54, 1.807) is 4.90 Å². The molecule has 26 heavy (non-hydrogen) atoms. The minimum absolute atomic E-state index is 0.0519. The van der Waals surface area contributed by atoms with Crippen LogP contribution in [0.1, 0.15) is 53.1 Å². The van der Waals surface area contributed by atoms with E-state index in [0.717, 1.165) is 0 Å². The minimum atomic E-state index is -1.98. The van der Waals surface area contributed by atoms with Crippen molar-refractivity contribution in [3.8, 4) is 0 Å². The molecule has 0 saturated carbocycles. The van der Waals surface area contributed by atoms with Crippen molar-refractivity contribution in [2.75, 3.05) is 6.54 Å². The lowest BCUT2D eigenvalue weighted by Crippen LogP contribution is -2.41. The molecule has 0 radical (unpaired) electrons. The third kappa shape index (κ3) is 4.65. The van der Waals surface area contributed by atoms with Gasteiger partial charge in [0.05, 0.1) is 13.2 Å². The minimum Gasteiger partial charge on any atom is -0.444 e. The zero-order chi connectivity index (χ0) is 19.9. The van der Waals surface area contributed by atoms with Crippen LogP contribution in [0.2, 0.25) is 18.1 Å². The summed E-state index contributed by atoms with van der Waals surface area (Å²) in [6.45, 7) is 17.3. The number of carbonyl (C=O) groups excluding carboxylic acids is 1. The summed E-state index contributed by atoms with van der Waals surface area (Å²) in [6, 6.07) is 0. The van der Waals surface area contributed by atoms with E-state index in [1.807, 2.05) is 20.8 Å². The molecule has 0 atom stereocenters. The average Bonchev–Trinajstić information content (AvgIpc) is 2.78. The summed E-state index contributed by atoms with van der Waals surface area (Å²) in [5.74, 6) is 0.177. The predicted molar refractivity (Wildman–Crippen MR) is 101 cm³/mol. The fraction of sp³-hybridized carbons (Fsp3) is 0.778. The highest BCUT2D eigenvalue weighted by molar-refractivity contribution is 6.74. The van der Waals surface area contributed by atoms with E-state index in [0.29, 0.717) is 24.6 Å². The Morgan fingerprint density at radius 2 is 1.81 bits per heavy atom. The van der Waals surface area contributed by atoms with Gasteiger partial charge in [0.25, 0.3) is 0 Å². The molecule has 0 N–H and O–H groups in total. The lowest BCUT2D eigenvalue weighted by molar-refractivity contribution is 0.0191. The fourth-order valence-corrected chi connectivity index (χ4v) is 3.32. The van der Waals surface area contributed by atoms with E-state index in [2.05, 4.69) is 38.8 Å². The first-order valence-electron chi connectivity index (χ1n) is 9.07. The van der Waals surface area contributed by atoms with Gasteiger partial charge in [-0.3, -0.25) is 4.90 Å². The number of imidazole rings is 1. The normalized spacial score (nSPS) is 15.8. The Labute approximate surface area is 156 Å². The molecule has 0 spiro atoms. The van der Waals surface area contributed by atoms with E-state index in [9.17, 15) is 9.18 Å². The van der Waals surface area contributed by atoms with Gasteiger partial charge in [0.2, 0.25) is 5.95 Å². The van der Waals surface area contributed by atoms with Gasteiger partial charge in [-0.15, -0.1) is 0 Å². The van der Waals surface area contributed by atoms with Gasteiger partial charge < -0.3 is 13.7 Å². The molecule has 0 aromatic carbocycles. The number of hydrogen-bond acceptors (Lipinski definition) is 4. The number of rotatable bonds is 3. The number of fused-ring (bicyclic) bond motifs is 1. The van der Waals surface area contributed by atoms with Crippen molar-refractivity contribution in [3.63, 3.8) is 0 Å². The second-order valence-corrected chi connectivity index (χ2v) is 14.2. The summed E-state index contributed by atoms with van der Waals surface area (Å²) < 4.78 is 27.7. The second-order valence-electron chi connectivity index (χ2n) is 9.37. The summed E-state index contributed by atoms with van der Waals surface area (Å²) in [7, 11) is -1.98. The smallest absolute Gasteiger partial charge is 0.410 e. The number of hydrogen-bond donors (Lipinski definition) is 0. The van der Waals surface area contributed by atoms with Gasteiger partial charge in [-0.25, -0.2) is 9.78 Å². The molecule has 148 valence electrons. The van der Waals surface area contributed by atoms with Crippen LogP contribution in [-0.2, 0) is 28.9 Å². The summed E-state index contributed by atoms with van der Waals surface area (Å²) >= 11 is 0. The van der Waals surface area contributed by atoms with Crippen LogP contribution in [0.5, 0.6) is 0 Å². The predicted octanol–water partition coefficient (Wildman–Crippen LogP) is 4.29. The van der Waals surface area contributed by atoms with Crippen LogP contribution >= 0.6 is 0 Å². The Kier molecular flexibility index (Phi) is 5.59. The number of aromatic nitrogens is 2. The summed E-state index contributed by atoms with van der Waals surface area (Å²) in [5, 5.41) is 0.0519. The summed E-state index contributed by atoms with van der Waals surface area (Å²) in [4.78, 5) is 18.2. The van der Waals surface area contributed by atoms with Crippen LogP contribution < -0.4 is 0 Å². The zero-order valence-electron chi connectivity index (χ0n) is 17.3. The third-order valence-electron chi connectivity index (χ3n) is 5.00. The number of ether oxygens (including phenoxy) is 1. The summed E-state index contributed by atoms with van der Waals surface area (Å²) in [5.41, 5.74) is -0.243. The van der Waals surface area contributed by atoms with Crippen molar-refractivity contribution in [1.82, 2.24) is 14.5 Å². The molecule has 0 bridgehead atoms. The Morgan fingerprint density at radius 3 is 2.35 bits per heavy atom. The van der Waals surface area contributed by atoms with Gasteiger partial charge in [-0.05, 0) is 38.9 Å². The molecule has 1 aromatic heterocycles. The average molecular weight is 386 g/mol. The Hall–Kier alpha value is -1.41. The monoisotopic (exact) mass is 385 g/mol. The molecule has 1 aliphatic rings. The van der Waals surface area contributed by atoms with Crippen LogP contribution in [0.25, 0.3) is 0 Å². The van der Waals surface area contributed by atoms with Crippen molar-refractivity contribution in [3.05, 3.63) is 17.5 Å². The van der Waals surface area contributed by atoms with Gasteiger partial charge in [0.1, 0.15) is 17.1 Å². The van der Waals surface area contributed by atoms with Crippen LogP contribution in [0, 0.1) is 5.95 Å². The van der Waals surface area contributed by atoms with Crippen molar-refractivity contribution in [1.29, 1.82) is 0 Å².